The van der Waals surface area contributed by atoms with Crippen LogP contribution >= 0.6 is 11.3 Å². The molecule has 10 heteroatoms. The van der Waals surface area contributed by atoms with E-state index >= 15 is 0 Å². The highest BCUT2D eigenvalue weighted by Gasteiger charge is 2.39. The van der Waals surface area contributed by atoms with Gasteiger partial charge in [-0.15, -0.1) is 11.3 Å². The van der Waals surface area contributed by atoms with Gasteiger partial charge in [-0.05, 0) is 59.6 Å². The van der Waals surface area contributed by atoms with Gasteiger partial charge in [0.15, 0.2) is 5.82 Å². The Morgan fingerprint density at radius 2 is 1.56 bits per heavy atom. The maximum absolute atomic E-state index is 13.5. The zero-order chi connectivity index (χ0) is 33.8. The first-order valence-electron chi connectivity index (χ1n) is 16.6. The summed E-state index contributed by atoms with van der Waals surface area (Å²) in [5, 5.41) is 12.2. The Balaban J connectivity index is 1.10. The lowest BCUT2D eigenvalue weighted by Gasteiger charge is -2.38. The van der Waals surface area contributed by atoms with Crippen LogP contribution in [0.2, 0.25) is 0 Å². The number of hydrogen-bond acceptors (Lipinski definition) is 7. The van der Waals surface area contributed by atoms with Crippen LogP contribution in [0.5, 0.6) is 5.75 Å². The molecule has 4 aromatic rings. The third-order valence-electron chi connectivity index (χ3n) is 9.17. The highest BCUT2D eigenvalue weighted by molar-refractivity contribution is 7.14. The minimum Gasteiger partial charge on any atom is -0.493 e. The zero-order valence-electron chi connectivity index (χ0n) is 27.6. The Morgan fingerprint density at radius 3 is 2.17 bits per heavy atom. The van der Waals surface area contributed by atoms with Gasteiger partial charge in [-0.1, -0.05) is 70.0 Å². The molecule has 9 nitrogen and oxygen atoms in total. The average molecular weight is 667 g/mol. The van der Waals surface area contributed by atoms with Crippen molar-refractivity contribution in [3.05, 3.63) is 88.4 Å². The number of ether oxygens (including phenoxy) is 1. The summed E-state index contributed by atoms with van der Waals surface area (Å²) in [6.45, 7) is 7.32. The molecular formula is C38H42N4O5S. The Morgan fingerprint density at radius 1 is 0.917 bits per heavy atom. The van der Waals surface area contributed by atoms with Gasteiger partial charge in [0.2, 0.25) is 5.91 Å². The van der Waals surface area contributed by atoms with Crippen LogP contribution in [0.15, 0.2) is 73.1 Å². The lowest BCUT2D eigenvalue weighted by molar-refractivity contribution is -0.153. The lowest BCUT2D eigenvalue weighted by atomic mass is 9.95. The normalized spacial score (nSPS) is 15.9. The van der Waals surface area contributed by atoms with Crippen molar-refractivity contribution in [2.75, 3.05) is 19.7 Å². The molecule has 2 N–H and O–H groups in total. The number of amides is 2. The first-order valence-corrected chi connectivity index (χ1v) is 17.4. The average Bonchev–Trinajstić information content (AvgIpc) is 3.77. The Bertz CT molecular complexity index is 1730. The number of benzene rings is 2. The van der Waals surface area contributed by atoms with E-state index in [0.717, 1.165) is 39.5 Å². The molecule has 1 aliphatic heterocycles. The van der Waals surface area contributed by atoms with Gasteiger partial charge in [0.1, 0.15) is 11.8 Å². The molecule has 3 heterocycles. The van der Waals surface area contributed by atoms with E-state index < -0.39 is 17.9 Å². The molecule has 1 saturated heterocycles. The van der Waals surface area contributed by atoms with E-state index in [1.54, 1.807) is 6.07 Å². The Hall–Kier alpha value is -4.57. The summed E-state index contributed by atoms with van der Waals surface area (Å²) in [7, 11) is 0. The van der Waals surface area contributed by atoms with Crippen LogP contribution in [0, 0.1) is 11.8 Å². The number of nitrogens with one attached hydrogen (secondary N) is 1. The SMILES string of the molecule is CC(C)(C)c1ccc(C(=O)N[C@@H](Cc2ccc(-c3ncc(-c4ccc(OCC5CCCC5)cc4)cn3)cc2)C(=O)N2CC(C(=O)O)C2)s1. The van der Waals surface area contributed by atoms with Crippen molar-refractivity contribution in [2.45, 2.75) is 64.3 Å². The highest BCUT2D eigenvalue weighted by Crippen LogP contribution is 2.30. The molecule has 2 aromatic heterocycles. The molecule has 1 aliphatic carbocycles. The van der Waals surface area contributed by atoms with Crippen LogP contribution < -0.4 is 10.1 Å². The van der Waals surface area contributed by atoms with Gasteiger partial charge >= 0.3 is 5.97 Å². The largest absolute Gasteiger partial charge is 0.493 e. The molecular weight excluding hydrogens is 625 g/mol. The molecule has 0 unspecified atom stereocenters. The molecule has 6 rings (SSSR count). The summed E-state index contributed by atoms with van der Waals surface area (Å²) in [6, 6.07) is 18.5. The molecule has 1 atom stereocenters. The molecule has 2 fully saturated rings. The summed E-state index contributed by atoms with van der Waals surface area (Å²) in [5.74, 6) is 0.0170. The Kier molecular flexibility index (Phi) is 9.91. The second-order valence-corrected chi connectivity index (χ2v) is 15.0. The maximum atomic E-state index is 13.5. The minimum absolute atomic E-state index is 0.0947. The van der Waals surface area contributed by atoms with Crippen molar-refractivity contribution >= 4 is 29.1 Å². The number of likely N-dealkylation sites (tertiary alicyclic amines) is 1. The van der Waals surface area contributed by atoms with Gasteiger partial charge < -0.3 is 20.1 Å². The first kappa shape index (κ1) is 33.3. The van der Waals surface area contributed by atoms with E-state index in [2.05, 4.69) is 36.1 Å². The molecule has 0 spiro atoms. The number of thiophene rings is 1. The Labute approximate surface area is 285 Å². The van der Waals surface area contributed by atoms with Gasteiger partial charge in [-0.25, -0.2) is 9.97 Å². The van der Waals surface area contributed by atoms with Gasteiger partial charge in [0, 0.05) is 47.9 Å². The van der Waals surface area contributed by atoms with Gasteiger partial charge in [0.05, 0.1) is 17.4 Å². The predicted octanol–water partition coefficient (Wildman–Crippen LogP) is 6.62. The van der Waals surface area contributed by atoms with E-state index in [0.29, 0.717) is 16.6 Å². The first-order chi connectivity index (χ1) is 23.0. The second kappa shape index (κ2) is 14.3. The summed E-state index contributed by atoms with van der Waals surface area (Å²) in [4.78, 5) is 50.4. The van der Waals surface area contributed by atoms with Crippen molar-refractivity contribution < 1.29 is 24.2 Å². The molecule has 0 bridgehead atoms. The van der Waals surface area contributed by atoms with Crippen LogP contribution in [0.1, 0.15) is 66.6 Å². The number of hydrogen-bond donors (Lipinski definition) is 2. The van der Waals surface area contributed by atoms with Crippen LogP contribution in [0.4, 0.5) is 0 Å². The van der Waals surface area contributed by atoms with Crippen molar-refractivity contribution in [1.29, 1.82) is 0 Å². The summed E-state index contributed by atoms with van der Waals surface area (Å²) >= 11 is 1.41. The van der Waals surface area contributed by atoms with Crippen LogP contribution in [-0.4, -0.2) is 63.5 Å². The minimum atomic E-state index is -0.920. The topological polar surface area (TPSA) is 122 Å². The number of carboxylic acids is 1. The number of rotatable bonds is 11. The monoisotopic (exact) mass is 666 g/mol. The quantitative estimate of drug-likeness (QED) is 0.185. The van der Waals surface area contributed by atoms with E-state index in [1.165, 1.54) is 41.9 Å². The maximum Gasteiger partial charge on any atom is 0.310 e. The van der Waals surface area contributed by atoms with Crippen molar-refractivity contribution in [1.82, 2.24) is 20.2 Å². The molecule has 2 amide bonds. The molecule has 250 valence electrons. The number of nitrogens with zero attached hydrogens (tertiary/aromatic N) is 3. The third-order valence-corrected chi connectivity index (χ3v) is 10.7. The highest BCUT2D eigenvalue weighted by atomic mass is 32.1. The zero-order valence-corrected chi connectivity index (χ0v) is 28.5. The van der Waals surface area contributed by atoms with Crippen LogP contribution in [-0.2, 0) is 21.4 Å². The fourth-order valence-electron chi connectivity index (χ4n) is 6.11. The van der Waals surface area contributed by atoms with E-state index in [-0.39, 0.29) is 36.7 Å². The number of carbonyl (C=O) groups is 3. The number of carbonyl (C=O) groups excluding carboxylic acids is 2. The molecule has 1 saturated carbocycles. The van der Waals surface area contributed by atoms with Crippen LogP contribution in [0.3, 0.4) is 0 Å². The summed E-state index contributed by atoms with van der Waals surface area (Å²) in [6.07, 6.45) is 9.00. The van der Waals surface area contributed by atoms with Crippen molar-refractivity contribution in [3.63, 3.8) is 0 Å². The molecule has 2 aliphatic rings. The van der Waals surface area contributed by atoms with Gasteiger partial charge in [-0.2, -0.15) is 0 Å². The molecule has 0 radical (unpaired) electrons. The summed E-state index contributed by atoms with van der Waals surface area (Å²) in [5.41, 5.74) is 3.50. The number of aliphatic carboxylic acids is 1. The fourth-order valence-corrected chi connectivity index (χ4v) is 7.08. The predicted molar refractivity (Wildman–Crippen MR) is 186 cm³/mol. The van der Waals surface area contributed by atoms with Crippen molar-refractivity contribution in [2.24, 2.45) is 11.8 Å². The molecule has 2 aromatic carbocycles. The van der Waals surface area contributed by atoms with Gasteiger partial charge in [0.25, 0.3) is 5.91 Å². The third kappa shape index (κ3) is 7.93. The smallest absolute Gasteiger partial charge is 0.310 e. The summed E-state index contributed by atoms with van der Waals surface area (Å²) < 4.78 is 5.99. The standard InChI is InChI=1S/C38H42N4O5S/c1-38(2,3)33-17-16-32(48-33)35(43)41-31(36(44)42-21-29(22-42)37(45)46)18-24-8-10-27(11-9-24)34-39-19-28(20-40-34)26-12-14-30(15-13-26)47-23-25-6-4-5-7-25/h8-17,19-20,25,29,31H,4-7,18,21-23H2,1-3H3,(H,41,43)(H,45,46)/t31-/m0/s1. The van der Waals surface area contributed by atoms with E-state index in [1.807, 2.05) is 67.0 Å². The van der Waals surface area contributed by atoms with Crippen molar-refractivity contribution in [3.8, 4) is 28.3 Å². The molecule has 48 heavy (non-hydrogen) atoms. The van der Waals surface area contributed by atoms with Crippen LogP contribution in [0.25, 0.3) is 22.5 Å². The van der Waals surface area contributed by atoms with E-state index in [4.69, 9.17) is 4.74 Å². The number of aromatic nitrogens is 2. The fraction of sp³-hybridized carbons (Fsp3) is 0.395. The second-order valence-electron chi connectivity index (χ2n) is 13.9. The number of carboxylic acid groups (broad SMARTS) is 1. The lowest BCUT2D eigenvalue weighted by Crippen LogP contribution is -2.59. The van der Waals surface area contributed by atoms with Gasteiger partial charge in [-0.3, -0.25) is 14.4 Å². The van der Waals surface area contributed by atoms with E-state index in [9.17, 15) is 19.5 Å².